The van der Waals surface area contributed by atoms with E-state index < -0.39 is 6.16 Å². The maximum absolute atomic E-state index is 12.2. The second-order valence-corrected chi connectivity index (χ2v) is 9.44. The summed E-state index contributed by atoms with van der Waals surface area (Å²) in [7, 11) is 0. The average Bonchev–Trinajstić information content (AvgIpc) is 2.88. The quantitative estimate of drug-likeness (QED) is 0.162. The molecule has 2 aromatic carbocycles. The van der Waals surface area contributed by atoms with Crippen LogP contribution in [0.2, 0.25) is 0 Å². The predicted molar refractivity (Wildman–Crippen MR) is 142 cm³/mol. The minimum atomic E-state index is -0.532. The van der Waals surface area contributed by atoms with Crippen molar-refractivity contribution in [3.05, 3.63) is 71.8 Å². The van der Waals surface area contributed by atoms with Crippen LogP contribution in [0.15, 0.2) is 60.7 Å². The molecule has 0 N–H and O–H groups in total. The molecule has 0 bridgehead atoms. The van der Waals surface area contributed by atoms with Crippen LogP contribution in [0.1, 0.15) is 114 Å². The van der Waals surface area contributed by atoms with Gasteiger partial charge in [0, 0.05) is 0 Å². The number of rotatable bonds is 18. The van der Waals surface area contributed by atoms with Crippen LogP contribution < -0.4 is 0 Å². The van der Waals surface area contributed by atoms with Crippen molar-refractivity contribution in [2.24, 2.45) is 0 Å². The van der Waals surface area contributed by atoms with Crippen molar-refractivity contribution in [3.8, 4) is 0 Å². The summed E-state index contributed by atoms with van der Waals surface area (Å²) in [6, 6.07) is 21.2. The lowest BCUT2D eigenvalue weighted by molar-refractivity contribution is 0.0508. The second kappa shape index (κ2) is 18.1. The van der Waals surface area contributed by atoms with E-state index in [1.54, 1.807) is 0 Å². The third-order valence-electron chi connectivity index (χ3n) is 6.73. The maximum Gasteiger partial charge on any atom is 0.508 e. The molecule has 2 rings (SSSR count). The normalized spacial score (nSPS) is 12.8. The standard InChI is InChI=1S/C31H46O3/c1-3-5-7-11-21-29(27-17-13-9-14-18-27)23-25-33-31(32)34-26-24-30(22-12-8-6-4-2)28-19-15-10-16-20-28/h9-10,13-20,29-30H,3-8,11-12,21-26H2,1-2H3. The molecule has 2 aromatic rings. The number of unbranched alkanes of at least 4 members (excludes halogenated alkanes) is 6. The summed E-state index contributed by atoms with van der Waals surface area (Å²) < 4.78 is 10.9. The van der Waals surface area contributed by atoms with Crippen LogP contribution in [0.3, 0.4) is 0 Å². The van der Waals surface area contributed by atoms with Crippen molar-refractivity contribution < 1.29 is 14.3 Å². The first-order valence-electron chi connectivity index (χ1n) is 13.6. The van der Waals surface area contributed by atoms with Crippen molar-refractivity contribution in [1.82, 2.24) is 0 Å². The smallest absolute Gasteiger partial charge is 0.434 e. The molecule has 2 atom stereocenters. The van der Waals surface area contributed by atoms with Crippen LogP contribution in [0.25, 0.3) is 0 Å². The van der Waals surface area contributed by atoms with E-state index in [-0.39, 0.29) is 0 Å². The molecule has 0 aliphatic heterocycles. The highest BCUT2D eigenvalue weighted by Crippen LogP contribution is 2.27. The highest BCUT2D eigenvalue weighted by molar-refractivity contribution is 5.59. The fourth-order valence-electron chi connectivity index (χ4n) is 4.65. The Bertz CT molecular complexity index is 680. The van der Waals surface area contributed by atoms with Gasteiger partial charge in [-0.05, 0) is 48.6 Å². The first-order chi connectivity index (χ1) is 16.7. The monoisotopic (exact) mass is 466 g/mol. The fraction of sp³-hybridized carbons (Fsp3) is 0.581. The lowest BCUT2D eigenvalue weighted by atomic mass is 9.90. The van der Waals surface area contributed by atoms with E-state index in [9.17, 15) is 4.79 Å². The molecule has 34 heavy (non-hydrogen) atoms. The minimum absolute atomic E-state index is 0.408. The van der Waals surface area contributed by atoms with Gasteiger partial charge in [-0.2, -0.15) is 0 Å². The Hall–Kier alpha value is -2.29. The molecule has 3 heteroatoms. The van der Waals surface area contributed by atoms with Gasteiger partial charge in [0.05, 0.1) is 13.2 Å². The Morgan fingerprint density at radius 3 is 1.38 bits per heavy atom. The SMILES string of the molecule is CCCCCCC(CCOC(=O)OCCC(CCCCCC)c1ccccc1)c1ccccc1. The summed E-state index contributed by atoms with van der Waals surface area (Å²) in [6.45, 7) is 5.29. The minimum Gasteiger partial charge on any atom is -0.434 e. The van der Waals surface area contributed by atoms with Crippen LogP contribution in [-0.4, -0.2) is 19.4 Å². The Kier molecular flexibility index (Phi) is 14.9. The molecular weight excluding hydrogens is 420 g/mol. The topological polar surface area (TPSA) is 35.5 Å². The van der Waals surface area contributed by atoms with Crippen LogP contribution in [-0.2, 0) is 9.47 Å². The molecule has 0 fully saturated rings. The number of carbonyl (C=O) groups is 1. The Balaban J connectivity index is 1.74. The summed E-state index contributed by atoms with van der Waals surface area (Å²) in [6.07, 6.45) is 13.5. The Morgan fingerprint density at radius 1 is 0.588 bits per heavy atom. The van der Waals surface area contributed by atoms with E-state index >= 15 is 0 Å². The van der Waals surface area contributed by atoms with Crippen molar-refractivity contribution in [1.29, 1.82) is 0 Å². The van der Waals surface area contributed by atoms with Crippen LogP contribution in [0.4, 0.5) is 4.79 Å². The lowest BCUT2D eigenvalue weighted by Crippen LogP contribution is -2.13. The van der Waals surface area contributed by atoms with Gasteiger partial charge in [-0.15, -0.1) is 0 Å². The highest BCUT2D eigenvalue weighted by Gasteiger charge is 2.15. The molecule has 0 aliphatic carbocycles. The molecule has 0 saturated heterocycles. The third-order valence-corrected chi connectivity index (χ3v) is 6.73. The molecule has 0 saturated carbocycles. The molecule has 2 unspecified atom stereocenters. The molecule has 188 valence electrons. The first-order valence-corrected chi connectivity index (χ1v) is 13.6. The lowest BCUT2D eigenvalue weighted by Gasteiger charge is -2.18. The highest BCUT2D eigenvalue weighted by atomic mass is 16.7. The van der Waals surface area contributed by atoms with Gasteiger partial charge in [0.15, 0.2) is 0 Å². The number of ether oxygens (including phenoxy) is 2. The van der Waals surface area contributed by atoms with Gasteiger partial charge in [-0.25, -0.2) is 4.79 Å². The van der Waals surface area contributed by atoms with Gasteiger partial charge < -0.3 is 9.47 Å². The first kappa shape index (κ1) is 28.0. The summed E-state index contributed by atoms with van der Waals surface area (Å²) >= 11 is 0. The van der Waals surface area contributed by atoms with E-state index in [1.165, 1.54) is 62.5 Å². The van der Waals surface area contributed by atoms with E-state index in [4.69, 9.17) is 9.47 Å². The molecule has 0 aromatic heterocycles. The van der Waals surface area contributed by atoms with Gasteiger partial charge >= 0.3 is 6.16 Å². The zero-order chi connectivity index (χ0) is 24.3. The molecule has 0 spiro atoms. The molecular formula is C31H46O3. The molecule has 0 amide bonds. The Morgan fingerprint density at radius 2 is 1.00 bits per heavy atom. The van der Waals surface area contributed by atoms with Crippen molar-refractivity contribution >= 4 is 6.16 Å². The van der Waals surface area contributed by atoms with Crippen molar-refractivity contribution in [3.63, 3.8) is 0 Å². The molecule has 0 heterocycles. The van der Waals surface area contributed by atoms with Gasteiger partial charge in [0.1, 0.15) is 0 Å². The zero-order valence-electron chi connectivity index (χ0n) is 21.6. The predicted octanol–water partition coefficient (Wildman–Crippen LogP) is 9.43. The average molecular weight is 467 g/mol. The number of hydrogen-bond donors (Lipinski definition) is 0. The van der Waals surface area contributed by atoms with Gasteiger partial charge in [0.25, 0.3) is 0 Å². The van der Waals surface area contributed by atoms with Crippen LogP contribution >= 0.6 is 0 Å². The maximum atomic E-state index is 12.2. The van der Waals surface area contributed by atoms with Crippen LogP contribution in [0, 0.1) is 0 Å². The van der Waals surface area contributed by atoms with Crippen molar-refractivity contribution in [2.45, 2.75) is 103 Å². The van der Waals surface area contributed by atoms with Crippen molar-refractivity contribution in [2.75, 3.05) is 13.2 Å². The largest absolute Gasteiger partial charge is 0.508 e. The summed E-state index contributed by atoms with van der Waals surface area (Å²) in [5.41, 5.74) is 2.68. The summed E-state index contributed by atoms with van der Waals surface area (Å²) in [4.78, 5) is 12.2. The van der Waals surface area contributed by atoms with Gasteiger partial charge in [-0.3, -0.25) is 0 Å². The van der Waals surface area contributed by atoms with E-state index in [1.807, 2.05) is 0 Å². The number of benzene rings is 2. The fourth-order valence-corrected chi connectivity index (χ4v) is 4.65. The number of carbonyl (C=O) groups excluding carboxylic acids is 1. The van der Waals surface area contributed by atoms with Crippen LogP contribution in [0.5, 0.6) is 0 Å². The third kappa shape index (κ3) is 11.7. The zero-order valence-corrected chi connectivity index (χ0v) is 21.6. The van der Waals surface area contributed by atoms with E-state index in [2.05, 4.69) is 74.5 Å². The molecule has 0 aliphatic rings. The molecule has 0 radical (unpaired) electrons. The number of hydrogen-bond acceptors (Lipinski definition) is 3. The van der Waals surface area contributed by atoms with Gasteiger partial charge in [-0.1, -0.05) is 126 Å². The summed E-state index contributed by atoms with van der Waals surface area (Å²) in [5, 5.41) is 0. The second-order valence-electron chi connectivity index (χ2n) is 9.44. The van der Waals surface area contributed by atoms with Gasteiger partial charge in [0.2, 0.25) is 0 Å². The Labute approximate surface area is 208 Å². The van der Waals surface area contributed by atoms with E-state index in [0.717, 1.165) is 25.7 Å². The summed E-state index contributed by atoms with van der Waals surface area (Å²) in [5.74, 6) is 0.855. The molecule has 3 nitrogen and oxygen atoms in total. The van der Waals surface area contributed by atoms with E-state index in [0.29, 0.717) is 25.0 Å².